The van der Waals surface area contributed by atoms with Gasteiger partial charge < -0.3 is 10.2 Å². The van der Waals surface area contributed by atoms with Crippen LogP contribution in [0.5, 0.6) is 0 Å². The lowest BCUT2D eigenvalue weighted by atomic mass is 10.2. The van der Waals surface area contributed by atoms with Gasteiger partial charge in [0.2, 0.25) is 0 Å². The van der Waals surface area contributed by atoms with Gasteiger partial charge >= 0.3 is 11.9 Å². The molecule has 0 aliphatic rings. The number of pyridine rings is 1. The molecule has 5 nitrogen and oxygen atoms in total. The maximum Gasteiger partial charge on any atom is 0.315 e. The van der Waals surface area contributed by atoms with Gasteiger partial charge in [-0.25, -0.2) is 0 Å². The van der Waals surface area contributed by atoms with Gasteiger partial charge in [-0.1, -0.05) is 11.8 Å². The van der Waals surface area contributed by atoms with Crippen molar-refractivity contribution in [2.45, 2.75) is 12.8 Å². The van der Waals surface area contributed by atoms with Crippen molar-refractivity contribution in [2.24, 2.45) is 0 Å². The molecule has 0 radical (unpaired) electrons. The van der Waals surface area contributed by atoms with E-state index in [1.54, 1.807) is 12.1 Å². The minimum atomic E-state index is -0.983. The molecular formula is C11H9NO4. The molecule has 0 aliphatic heterocycles. The second-order valence-corrected chi connectivity index (χ2v) is 2.98. The Kier molecular flexibility index (Phi) is 4.04. The number of carboxylic acids is 2. The van der Waals surface area contributed by atoms with Crippen LogP contribution < -0.4 is 0 Å². The fourth-order valence-electron chi connectivity index (χ4n) is 0.980. The maximum atomic E-state index is 10.4. The van der Waals surface area contributed by atoms with E-state index in [2.05, 4.69) is 16.8 Å². The third-order valence-electron chi connectivity index (χ3n) is 1.63. The standard InChI is InChI=1S/C11H9NO4/c13-10(14)3-1-2-8-4-5-9(12-7-8)6-11(15)16/h4-5,7H,3,6H2,(H,13,14)(H,15,16). The van der Waals surface area contributed by atoms with Crippen LogP contribution in [0.25, 0.3) is 0 Å². The Morgan fingerprint density at radius 2 is 2.00 bits per heavy atom. The van der Waals surface area contributed by atoms with Gasteiger partial charge in [0.25, 0.3) is 0 Å². The van der Waals surface area contributed by atoms with Gasteiger partial charge in [-0.3, -0.25) is 14.6 Å². The predicted octanol–water partition coefficient (Wildman–Crippen LogP) is 0.535. The summed E-state index contributed by atoms with van der Waals surface area (Å²) in [5.41, 5.74) is 1.01. The van der Waals surface area contributed by atoms with Crippen LogP contribution in [0.2, 0.25) is 0 Å². The van der Waals surface area contributed by atoms with Gasteiger partial charge in [0.15, 0.2) is 0 Å². The lowest BCUT2D eigenvalue weighted by molar-refractivity contribution is -0.137. The molecule has 0 bridgehead atoms. The third kappa shape index (κ3) is 4.24. The van der Waals surface area contributed by atoms with E-state index in [1.165, 1.54) is 6.20 Å². The number of hydrogen-bond acceptors (Lipinski definition) is 3. The van der Waals surface area contributed by atoms with Gasteiger partial charge in [0, 0.05) is 11.8 Å². The van der Waals surface area contributed by atoms with Crippen LogP contribution in [-0.4, -0.2) is 27.1 Å². The zero-order valence-corrected chi connectivity index (χ0v) is 8.30. The lowest BCUT2D eigenvalue weighted by Crippen LogP contribution is -2.01. The number of hydrogen-bond donors (Lipinski definition) is 2. The summed E-state index contributed by atoms with van der Waals surface area (Å²) < 4.78 is 0. The van der Waals surface area contributed by atoms with E-state index in [-0.39, 0.29) is 12.8 Å². The Morgan fingerprint density at radius 3 is 2.50 bits per heavy atom. The van der Waals surface area contributed by atoms with Crippen molar-refractivity contribution in [3.63, 3.8) is 0 Å². The second kappa shape index (κ2) is 5.51. The van der Waals surface area contributed by atoms with Crippen LogP contribution >= 0.6 is 0 Å². The Balaban J connectivity index is 2.66. The number of carbonyl (C=O) groups is 2. The molecule has 1 heterocycles. The van der Waals surface area contributed by atoms with E-state index in [1.807, 2.05) is 0 Å². The largest absolute Gasteiger partial charge is 0.481 e. The first-order valence-electron chi connectivity index (χ1n) is 4.45. The van der Waals surface area contributed by atoms with Crippen molar-refractivity contribution >= 4 is 11.9 Å². The van der Waals surface area contributed by atoms with Gasteiger partial charge in [-0.05, 0) is 12.1 Å². The zero-order valence-electron chi connectivity index (χ0n) is 8.30. The molecule has 82 valence electrons. The van der Waals surface area contributed by atoms with Gasteiger partial charge in [0.1, 0.15) is 6.42 Å². The third-order valence-corrected chi connectivity index (χ3v) is 1.63. The summed E-state index contributed by atoms with van der Waals surface area (Å²) in [6, 6.07) is 3.17. The van der Waals surface area contributed by atoms with Crippen LogP contribution in [-0.2, 0) is 16.0 Å². The molecule has 0 amide bonds. The topological polar surface area (TPSA) is 87.5 Å². The summed E-state index contributed by atoms with van der Waals surface area (Å²) >= 11 is 0. The molecule has 2 N–H and O–H groups in total. The monoisotopic (exact) mass is 219 g/mol. The van der Waals surface area contributed by atoms with Crippen molar-refractivity contribution in [3.05, 3.63) is 29.6 Å². The van der Waals surface area contributed by atoms with Crippen molar-refractivity contribution in [3.8, 4) is 11.8 Å². The summed E-state index contributed by atoms with van der Waals surface area (Å²) in [7, 11) is 0. The van der Waals surface area contributed by atoms with Gasteiger partial charge in [-0.2, -0.15) is 0 Å². The Bertz CT molecular complexity index is 453. The first-order chi connectivity index (χ1) is 7.58. The molecule has 0 saturated carbocycles. The van der Waals surface area contributed by atoms with Crippen molar-refractivity contribution in [1.29, 1.82) is 0 Å². The molecule has 1 rings (SSSR count). The summed E-state index contributed by atoms with van der Waals surface area (Å²) in [5, 5.41) is 16.9. The summed E-state index contributed by atoms with van der Waals surface area (Å²) in [4.78, 5) is 24.4. The van der Waals surface area contributed by atoms with Crippen LogP contribution in [0, 0.1) is 11.8 Å². The summed E-state index contributed by atoms with van der Waals surface area (Å²) in [6.07, 6.45) is 1.06. The minimum absolute atomic E-state index is 0.136. The quantitative estimate of drug-likeness (QED) is 0.724. The Labute approximate surface area is 91.8 Å². The predicted molar refractivity (Wildman–Crippen MR) is 54.7 cm³/mol. The van der Waals surface area contributed by atoms with Crippen LogP contribution in [0.15, 0.2) is 18.3 Å². The highest BCUT2D eigenvalue weighted by atomic mass is 16.4. The first-order valence-corrected chi connectivity index (χ1v) is 4.45. The van der Waals surface area contributed by atoms with Crippen LogP contribution in [0.3, 0.4) is 0 Å². The number of rotatable bonds is 3. The average molecular weight is 219 g/mol. The fourth-order valence-corrected chi connectivity index (χ4v) is 0.980. The van der Waals surface area contributed by atoms with Crippen molar-refractivity contribution in [1.82, 2.24) is 4.98 Å². The summed E-state index contributed by atoms with van der Waals surface area (Å²) in [6.45, 7) is 0. The molecule has 1 aromatic heterocycles. The highest BCUT2D eigenvalue weighted by Gasteiger charge is 2.00. The maximum absolute atomic E-state index is 10.4. The van der Waals surface area contributed by atoms with E-state index in [4.69, 9.17) is 10.2 Å². The molecule has 0 saturated heterocycles. The van der Waals surface area contributed by atoms with E-state index < -0.39 is 11.9 Å². The molecule has 0 unspecified atom stereocenters. The SMILES string of the molecule is O=C(O)CC#Cc1ccc(CC(=O)O)nc1. The number of aliphatic carboxylic acids is 2. The normalized spacial score (nSPS) is 9.00. The lowest BCUT2D eigenvalue weighted by Gasteiger charge is -1.95. The smallest absolute Gasteiger partial charge is 0.315 e. The number of nitrogens with zero attached hydrogens (tertiary/aromatic N) is 1. The van der Waals surface area contributed by atoms with Crippen molar-refractivity contribution in [2.75, 3.05) is 0 Å². The van der Waals surface area contributed by atoms with Crippen LogP contribution in [0.1, 0.15) is 17.7 Å². The number of carboxylic acid groups (broad SMARTS) is 2. The molecule has 0 aliphatic carbocycles. The molecule has 5 heteroatoms. The van der Waals surface area contributed by atoms with Gasteiger partial charge in [-0.15, -0.1) is 0 Å². The summed E-state index contributed by atoms with van der Waals surface area (Å²) in [5.74, 6) is 3.14. The zero-order chi connectivity index (χ0) is 12.0. The molecule has 1 aromatic rings. The van der Waals surface area contributed by atoms with E-state index >= 15 is 0 Å². The number of aromatic nitrogens is 1. The molecule has 0 fully saturated rings. The van der Waals surface area contributed by atoms with E-state index in [9.17, 15) is 9.59 Å². The highest BCUT2D eigenvalue weighted by Crippen LogP contribution is 1.99. The van der Waals surface area contributed by atoms with Crippen molar-refractivity contribution < 1.29 is 19.8 Å². The van der Waals surface area contributed by atoms with Gasteiger partial charge in [0.05, 0.1) is 12.1 Å². The van der Waals surface area contributed by atoms with E-state index in [0.717, 1.165) is 0 Å². The minimum Gasteiger partial charge on any atom is -0.481 e. The molecular weight excluding hydrogens is 210 g/mol. The highest BCUT2D eigenvalue weighted by molar-refractivity contribution is 5.70. The van der Waals surface area contributed by atoms with Crippen LogP contribution in [0.4, 0.5) is 0 Å². The Hall–Kier alpha value is -2.35. The fraction of sp³-hybridized carbons (Fsp3) is 0.182. The Morgan fingerprint density at radius 1 is 1.25 bits per heavy atom. The first kappa shape index (κ1) is 11.7. The van der Waals surface area contributed by atoms with E-state index in [0.29, 0.717) is 11.3 Å². The molecule has 0 aromatic carbocycles. The molecule has 0 spiro atoms. The second-order valence-electron chi connectivity index (χ2n) is 2.98. The average Bonchev–Trinajstić information content (AvgIpc) is 2.19. The molecule has 16 heavy (non-hydrogen) atoms. The molecule has 0 atom stereocenters.